The lowest BCUT2D eigenvalue weighted by atomic mass is 10.2. The number of hydrogen-bond acceptors (Lipinski definition) is 4. The molecule has 0 spiro atoms. The molecule has 2 aromatic rings. The smallest absolute Gasteiger partial charge is 0.251 e. The molecule has 0 bridgehead atoms. The van der Waals surface area contributed by atoms with Gasteiger partial charge < -0.3 is 15.0 Å². The Balaban J connectivity index is 1.39. The molecule has 1 fully saturated rings. The van der Waals surface area contributed by atoms with Crippen LogP contribution >= 0.6 is 23.2 Å². The summed E-state index contributed by atoms with van der Waals surface area (Å²) >= 11 is 11.9. The Hall–Kier alpha value is -1.95. The molecule has 1 saturated heterocycles. The number of nitrogens with one attached hydrogen (secondary N) is 1. The molecule has 3 rings (SSSR count). The second-order valence-electron chi connectivity index (χ2n) is 6.74. The largest absolute Gasteiger partial charge is 0.495 e. The van der Waals surface area contributed by atoms with Crippen molar-refractivity contribution in [2.75, 3.05) is 51.3 Å². The Morgan fingerprint density at radius 3 is 2.54 bits per heavy atom. The van der Waals surface area contributed by atoms with Crippen LogP contribution in [-0.2, 0) is 0 Å². The van der Waals surface area contributed by atoms with E-state index in [1.165, 1.54) is 0 Å². The highest BCUT2D eigenvalue weighted by Gasteiger charge is 2.19. The summed E-state index contributed by atoms with van der Waals surface area (Å²) in [6.07, 6.45) is 0.904. The predicted octanol–water partition coefficient (Wildman–Crippen LogP) is 3.94. The number of anilines is 1. The summed E-state index contributed by atoms with van der Waals surface area (Å²) in [4.78, 5) is 17.0. The molecule has 0 saturated carbocycles. The minimum absolute atomic E-state index is 0.125. The van der Waals surface area contributed by atoms with E-state index in [1.807, 2.05) is 18.2 Å². The summed E-state index contributed by atoms with van der Waals surface area (Å²) in [5, 5.41) is 3.78. The zero-order valence-electron chi connectivity index (χ0n) is 16.0. The van der Waals surface area contributed by atoms with Gasteiger partial charge >= 0.3 is 0 Å². The number of carbonyl (C=O) groups excluding carboxylic acids is 1. The molecule has 0 unspecified atom stereocenters. The SMILES string of the molecule is COc1ccccc1N1CCN(CCCNC(=O)c2ccc(Cl)c(Cl)c2)CC1. The number of para-hydroxylation sites is 2. The van der Waals surface area contributed by atoms with Gasteiger partial charge in [0.25, 0.3) is 5.91 Å². The lowest BCUT2D eigenvalue weighted by Crippen LogP contribution is -2.47. The van der Waals surface area contributed by atoms with Crippen LogP contribution in [0.15, 0.2) is 42.5 Å². The number of halogens is 2. The van der Waals surface area contributed by atoms with Gasteiger partial charge in [-0.1, -0.05) is 35.3 Å². The van der Waals surface area contributed by atoms with Gasteiger partial charge in [-0.2, -0.15) is 0 Å². The van der Waals surface area contributed by atoms with Gasteiger partial charge in [0.1, 0.15) is 5.75 Å². The molecule has 1 aliphatic rings. The number of methoxy groups -OCH3 is 1. The Bertz CT molecular complexity index is 808. The van der Waals surface area contributed by atoms with E-state index in [9.17, 15) is 4.79 Å². The monoisotopic (exact) mass is 421 g/mol. The van der Waals surface area contributed by atoms with Gasteiger partial charge in [0.15, 0.2) is 0 Å². The Morgan fingerprint density at radius 2 is 1.82 bits per heavy atom. The number of hydrogen-bond donors (Lipinski definition) is 1. The molecule has 1 amide bonds. The third-order valence-electron chi connectivity index (χ3n) is 4.92. The summed E-state index contributed by atoms with van der Waals surface area (Å²) in [6.45, 7) is 5.52. The first-order valence-corrected chi connectivity index (χ1v) is 10.2. The molecule has 0 aromatic heterocycles. The molecule has 0 radical (unpaired) electrons. The number of ether oxygens (including phenoxy) is 1. The standard InChI is InChI=1S/C21H25Cl2N3O2/c1-28-20-6-3-2-5-19(20)26-13-11-25(12-14-26)10-4-9-24-21(27)16-7-8-17(22)18(23)15-16/h2-3,5-8,15H,4,9-14H2,1H3,(H,24,27). The Kier molecular flexibility index (Phi) is 7.43. The van der Waals surface area contributed by atoms with Crippen molar-refractivity contribution in [2.45, 2.75) is 6.42 Å². The molecule has 0 atom stereocenters. The van der Waals surface area contributed by atoms with E-state index in [4.69, 9.17) is 27.9 Å². The van der Waals surface area contributed by atoms with Crippen molar-refractivity contribution in [1.29, 1.82) is 0 Å². The molecule has 5 nitrogen and oxygen atoms in total. The number of nitrogens with zero attached hydrogens (tertiary/aromatic N) is 2. The number of benzene rings is 2. The normalized spacial score (nSPS) is 14.8. The van der Waals surface area contributed by atoms with E-state index in [0.29, 0.717) is 22.2 Å². The summed E-state index contributed by atoms with van der Waals surface area (Å²) < 4.78 is 5.47. The summed E-state index contributed by atoms with van der Waals surface area (Å²) in [5.41, 5.74) is 1.68. The van der Waals surface area contributed by atoms with Crippen LogP contribution in [0.25, 0.3) is 0 Å². The van der Waals surface area contributed by atoms with Crippen molar-refractivity contribution >= 4 is 34.8 Å². The van der Waals surface area contributed by atoms with E-state index in [-0.39, 0.29) is 5.91 Å². The lowest BCUT2D eigenvalue weighted by molar-refractivity contribution is 0.0951. The first kappa shape index (κ1) is 20.8. The summed E-state index contributed by atoms with van der Waals surface area (Å²) in [5.74, 6) is 0.792. The fourth-order valence-electron chi connectivity index (χ4n) is 3.35. The summed E-state index contributed by atoms with van der Waals surface area (Å²) in [7, 11) is 1.71. The van der Waals surface area contributed by atoms with Gasteiger partial charge in [-0.25, -0.2) is 0 Å². The van der Waals surface area contributed by atoms with Gasteiger partial charge in [-0.15, -0.1) is 0 Å². The van der Waals surface area contributed by atoms with E-state index >= 15 is 0 Å². The summed E-state index contributed by atoms with van der Waals surface area (Å²) in [6, 6.07) is 13.0. The van der Waals surface area contributed by atoms with Gasteiger partial charge in [0.05, 0.1) is 22.8 Å². The molecule has 1 aliphatic heterocycles. The van der Waals surface area contributed by atoms with E-state index in [0.717, 1.165) is 50.6 Å². The fraction of sp³-hybridized carbons (Fsp3) is 0.381. The van der Waals surface area contributed by atoms with Gasteiger partial charge in [0, 0.05) is 38.3 Å². The molecular formula is C21H25Cl2N3O2. The van der Waals surface area contributed by atoms with Crippen molar-refractivity contribution in [3.63, 3.8) is 0 Å². The van der Waals surface area contributed by atoms with Crippen molar-refractivity contribution in [3.8, 4) is 5.75 Å². The van der Waals surface area contributed by atoms with Crippen LogP contribution < -0.4 is 15.0 Å². The Morgan fingerprint density at radius 1 is 1.07 bits per heavy atom. The number of carbonyl (C=O) groups is 1. The van der Waals surface area contributed by atoms with Crippen LogP contribution in [0.3, 0.4) is 0 Å². The molecule has 1 heterocycles. The van der Waals surface area contributed by atoms with Crippen LogP contribution in [0.5, 0.6) is 5.75 Å². The van der Waals surface area contributed by atoms with Crippen LogP contribution in [0.1, 0.15) is 16.8 Å². The maximum Gasteiger partial charge on any atom is 0.251 e. The first-order valence-electron chi connectivity index (χ1n) is 9.42. The second kappa shape index (κ2) is 10.0. The van der Waals surface area contributed by atoms with Crippen LogP contribution in [0.2, 0.25) is 10.0 Å². The molecule has 150 valence electrons. The maximum absolute atomic E-state index is 12.2. The van der Waals surface area contributed by atoms with E-state index in [2.05, 4.69) is 21.2 Å². The first-order chi connectivity index (χ1) is 13.6. The number of rotatable bonds is 7. The molecule has 28 heavy (non-hydrogen) atoms. The van der Waals surface area contributed by atoms with Crippen LogP contribution in [-0.4, -0.2) is 57.2 Å². The second-order valence-corrected chi connectivity index (χ2v) is 7.55. The zero-order chi connectivity index (χ0) is 19.9. The molecule has 0 aliphatic carbocycles. The fourth-order valence-corrected chi connectivity index (χ4v) is 3.65. The highest BCUT2D eigenvalue weighted by molar-refractivity contribution is 6.42. The topological polar surface area (TPSA) is 44.8 Å². The molecule has 7 heteroatoms. The average molecular weight is 422 g/mol. The maximum atomic E-state index is 12.2. The Labute approximate surface area is 176 Å². The third-order valence-corrected chi connectivity index (χ3v) is 5.66. The number of amides is 1. The van der Waals surface area contributed by atoms with E-state index < -0.39 is 0 Å². The van der Waals surface area contributed by atoms with Gasteiger partial charge in [0.2, 0.25) is 0 Å². The highest BCUT2D eigenvalue weighted by atomic mass is 35.5. The predicted molar refractivity (Wildman–Crippen MR) is 115 cm³/mol. The molecular weight excluding hydrogens is 397 g/mol. The zero-order valence-corrected chi connectivity index (χ0v) is 17.5. The van der Waals surface area contributed by atoms with Crippen LogP contribution in [0, 0.1) is 0 Å². The minimum Gasteiger partial charge on any atom is -0.495 e. The third kappa shape index (κ3) is 5.31. The van der Waals surface area contributed by atoms with Crippen molar-refractivity contribution < 1.29 is 9.53 Å². The van der Waals surface area contributed by atoms with Gasteiger partial charge in [-0.05, 0) is 43.3 Å². The van der Waals surface area contributed by atoms with E-state index in [1.54, 1.807) is 25.3 Å². The highest BCUT2D eigenvalue weighted by Crippen LogP contribution is 2.28. The van der Waals surface area contributed by atoms with Crippen molar-refractivity contribution in [1.82, 2.24) is 10.2 Å². The van der Waals surface area contributed by atoms with Crippen molar-refractivity contribution in [2.24, 2.45) is 0 Å². The minimum atomic E-state index is -0.125. The molecule has 2 aromatic carbocycles. The quantitative estimate of drug-likeness (QED) is 0.687. The molecule has 1 N–H and O–H groups in total. The van der Waals surface area contributed by atoms with Gasteiger partial charge in [-0.3, -0.25) is 9.69 Å². The lowest BCUT2D eigenvalue weighted by Gasteiger charge is -2.36. The average Bonchev–Trinajstić information content (AvgIpc) is 2.73. The van der Waals surface area contributed by atoms with Crippen molar-refractivity contribution in [3.05, 3.63) is 58.1 Å². The van der Waals surface area contributed by atoms with Crippen LogP contribution in [0.4, 0.5) is 5.69 Å². The number of piperazine rings is 1.